The smallest absolute Gasteiger partial charge is 0.335 e. The van der Waals surface area contributed by atoms with Crippen molar-refractivity contribution < 1.29 is 19.4 Å². The number of benzene rings is 1. The van der Waals surface area contributed by atoms with Crippen LogP contribution in [0.4, 0.5) is 0 Å². The minimum absolute atomic E-state index is 0.0747. The van der Waals surface area contributed by atoms with Crippen molar-refractivity contribution in [2.45, 2.75) is 25.9 Å². The lowest BCUT2D eigenvalue weighted by atomic mass is 9.92. The molecule has 16 heavy (non-hydrogen) atoms. The number of fused-ring (bicyclic) bond motifs is 1. The molecule has 0 spiro atoms. The standard InChI is InChI=1S/C12H12O4/c1-12(2)6-9(13)8-5-7(11(14)15)3-4-10(8)16-12/h3-5H,6H2,1-2H3,(H,14,15). The minimum Gasteiger partial charge on any atom is -0.487 e. The summed E-state index contributed by atoms with van der Waals surface area (Å²) in [5.74, 6) is -0.652. The normalized spacial score (nSPS) is 17.5. The average molecular weight is 220 g/mol. The third kappa shape index (κ3) is 1.78. The van der Waals surface area contributed by atoms with E-state index < -0.39 is 11.6 Å². The summed E-state index contributed by atoms with van der Waals surface area (Å²) in [6, 6.07) is 4.35. The maximum absolute atomic E-state index is 11.8. The van der Waals surface area contributed by atoms with Gasteiger partial charge in [-0.15, -0.1) is 0 Å². The van der Waals surface area contributed by atoms with Crippen molar-refractivity contribution >= 4 is 11.8 Å². The molecule has 0 saturated carbocycles. The van der Waals surface area contributed by atoms with Gasteiger partial charge < -0.3 is 9.84 Å². The monoisotopic (exact) mass is 220 g/mol. The van der Waals surface area contributed by atoms with Gasteiger partial charge in [-0.1, -0.05) is 0 Å². The molecule has 4 nitrogen and oxygen atoms in total. The Morgan fingerprint density at radius 1 is 1.44 bits per heavy atom. The number of carbonyl (C=O) groups is 2. The summed E-state index contributed by atoms with van der Waals surface area (Å²) in [7, 11) is 0. The first kappa shape index (κ1) is 10.7. The molecule has 1 N–H and O–H groups in total. The molecular weight excluding hydrogens is 208 g/mol. The Morgan fingerprint density at radius 2 is 2.12 bits per heavy atom. The number of aromatic carboxylic acids is 1. The molecule has 4 heteroatoms. The Labute approximate surface area is 92.8 Å². The van der Waals surface area contributed by atoms with Crippen LogP contribution in [0.3, 0.4) is 0 Å². The van der Waals surface area contributed by atoms with Crippen molar-refractivity contribution in [3.8, 4) is 5.75 Å². The van der Waals surface area contributed by atoms with Crippen molar-refractivity contribution in [1.82, 2.24) is 0 Å². The van der Waals surface area contributed by atoms with Gasteiger partial charge in [-0.05, 0) is 32.0 Å². The Bertz CT molecular complexity index is 474. The molecule has 0 saturated heterocycles. The van der Waals surface area contributed by atoms with Gasteiger partial charge in [0.05, 0.1) is 17.5 Å². The van der Waals surface area contributed by atoms with E-state index in [1.165, 1.54) is 18.2 Å². The molecule has 1 aromatic rings. The van der Waals surface area contributed by atoms with Crippen molar-refractivity contribution in [2.24, 2.45) is 0 Å². The van der Waals surface area contributed by atoms with Crippen molar-refractivity contribution in [3.63, 3.8) is 0 Å². The zero-order chi connectivity index (χ0) is 11.9. The largest absolute Gasteiger partial charge is 0.487 e. The fourth-order valence-electron chi connectivity index (χ4n) is 1.79. The first-order valence-electron chi connectivity index (χ1n) is 4.99. The Morgan fingerprint density at radius 3 is 2.75 bits per heavy atom. The van der Waals surface area contributed by atoms with Crippen LogP contribution in [0.5, 0.6) is 5.75 Å². The number of ether oxygens (including phenoxy) is 1. The molecule has 1 aromatic carbocycles. The summed E-state index contributed by atoms with van der Waals surface area (Å²) in [5.41, 5.74) is -0.0518. The molecular formula is C12H12O4. The van der Waals surface area contributed by atoms with Crippen LogP contribution in [0.15, 0.2) is 18.2 Å². The molecule has 1 aliphatic rings. The van der Waals surface area contributed by atoms with Gasteiger partial charge in [0.15, 0.2) is 5.78 Å². The van der Waals surface area contributed by atoms with E-state index in [1.807, 2.05) is 13.8 Å². The molecule has 0 aromatic heterocycles. The van der Waals surface area contributed by atoms with Gasteiger partial charge in [0.2, 0.25) is 0 Å². The first-order chi connectivity index (χ1) is 7.39. The van der Waals surface area contributed by atoms with E-state index in [1.54, 1.807) is 0 Å². The fraction of sp³-hybridized carbons (Fsp3) is 0.333. The fourth-order valence-corrected chi connectivity index (χ4v) is 1.79. The lowest BCUT2D eigenvalue weighted by molar-refractivity contribution is 0.0620. The highest BCUT2D eigenvalue weighted by molar-refractivity contribution is 6.02. The van der Waals surface area contributed by atoms with Crippen molar-refractivity contribution in [1.29, 1.82) is 0 Å². The van der Waals surface area contributed by atoms with Gasteiger partial charge in [-0.3, -0.25) is 4.79 Å². The van der Waals surface area contributed by atoms with E-state index in [4.69, 9.17) is 9.84 Å². The predicted molar refractivity (Wildman–Crippen MR) is 57.1 cm³/mol. The van der Waals surface area contributed by atoms with E-state index in [2.05, 4.69) is 0 Å². The highest BCUT2D eigenvalue weighted by Gasteiger charge is 2.32. The van der Waals surface area contributed by atoms with Crippen molar-refractivity contribution in [2.75, 3.05) is 0 Å². The average Bonchev–Trinajstić information content (AvgIpc) is 2.15. The van der Waals surface area contributed by atoms with Crippen LogP contribution >= 0.6 is 0 Å². The number of hydrogen-bond donors (Lipinski definition) is 1. The van der Waals surface area contributed by atoms with Crippen LogP contribution < -0.4 is 4.74 Å². The molecule has 1 heterocycles. The first-order valence-corrected chi connectivity index (χ1v) is 4.99. The maximum atomic E-state index is 11.8. The molecule has 0 radical (unpaired) electrons. The second-order valence-electron chi connectivity index (χ2n) is 4.48. The Hall–Kier alpha value is -1.84. The van der Waals surface area contributed by atoms with Crippen LogP contribution in [-0.4, -0.2) is 22.5 Å². The summed E-state index contributed by atoms with van der Waals surface area (Å²) in [6.07, 6.45) is 0.267. The molecule has 0 aliphatic carbocycles. The van der Waals surface area contributed by atoms with Crippen LogP contribution in [0, 0.1) is 0 Å². The second kappa shape index (κ2) is 3.33. The Kier molecular flexibility index (Phi) is 2.22. The summed E-state index contributed by atoms with van der Waals surface area (Å²) in [5, 5.41) is 8.82. The molecule has 0 bridgehead atoms. The molecule has 0 atom stereocenters. The Balaban J connectivity index is 2.49. The highest BCUT2D eigenvalue weighted by atomic mass is 16.5. The summed E-state index contributed by atoms with van der Waals surface area (Å²) >= 11 is 0. The van der Waals surface area contributed by atoms with E-state index >= 15 is 0 Å². The summed E-state index contributed by atoms with van der Waals surface area (Å²) in [6.45, 7) is 3.66. The summed E-state index contributed by atoms with van der Waals surface area (Å²) in [4.78, 5) is 22.6. The minimum atomic E-state index is -1.04. The third-order valence-corrected chi connectivity index (χ3v) is 2.50. The molecule has 0 amide bonds. The molecule has 84 valence electrons. The van der Waals surface area contributed by atoms with E-state index in [0.29, 0.717) is 11.3 Å². The van der Waals surface area contributed by atoms with Gasteiger partial charge in [0.1, 0.15) is 11.4 Å². The van der Waals surface area contributed by atoms with Crippen LogP contribution in [0.25, 0.3) is 0 Å². The predicted octanol–water partition coefficient (Wildman–Crippen LogP) is 2.13. The lowest BCUT2D eigenvalue weighted by Crippen LogP contribution is -2.35. The molecule has 2 rings (SSSR count). The number of hydrogen-bond acceptors (Lipinski definition) is 3. The van der Waals surface area contributed by atoms with E-state index in [9.17, 15) is 9.59 Å². The van der Waals surface area contributed by atoms with E-state index in [-0.39, 0.29) is 17.8 Å². The molecule has 1 aliphatic heterocycles. The number of rotatable bonds is 1. The second-order valence-corrected chi connectivity index (χ2v) is 4.48. The van der Waals surface area contributed by atoms with Crippen LogP contribution in [0.1, 0.15) is 41.0 Å². The number of carboxylic acid groups (broad SMARTS) is 1. The van der Waals surface area contributed by atoms with Gasteiger partial charge >= 0.3 is 5.97 Å². The van der Waals surface area contributed by atoms with Gasteiger partial charge in [0.25, 0.3) is 0 Å². The quantitative estimate of drug-likeness (QED) is 0.787. The zero-order valence-corrected chi connectivity index (χ0v) is 9.11. The van der Waals surface area contributed by atoms with Crippen LogP contribution in [0.2, 0.25) is 0 Å². The van der Waals surface area contributed by atoms with Crippen LogP contribution in [-0.2, 0) is 0 Å². The third-order valence-electron chi connectivity index (χ3n) is 2.50. The molecule has 0 unspecified atom stereocenters. The number of Topliss-reactive ketones (excluding diaryl/α,β-unsaturated/α-hetero) is 1. The maximum Gasteiger partial charge on any atom is 0.335 e. The number of ketones is 1. The van der Waals surface area contributed by atoms with Gasteiger partial charge in [0, 0.05) is 0 Å². The molecule has 0 fully saturated rings. The topological polar surface area (TPSA) is 63.6 Å². The van der Waals surface area contributed by atoms with Crippen molar-refractivity contribution in [3.05, 3.63) is 29.3 Å². The van der Waals surface area contributed by atoms with E-state index in [0.717, 1.165) is 0 Å². The van der Waals surface area contributed by atoms with Gasteiger partial charge in [-0.2, -0.15) is 0 Å². The lowest BCUT2D eigenvalue weighted by Gasteiger charge is -2.31. The highest BCUT2D eigenvalue weighted by Crippen LogP contribution is 2.33. The zero-order valence-electron chi connectivity index (χ0n) is 9.11. The SMILES string of the molecule is CC1(C)CC(=O)c2cc(C(=O)O)ccc2O1. The van der Waals surface area contributed by atoms with Gasteiger partial charge in [-0.25, -0.2) is 4.79 Å². The summed E-state index contributed by atoms with van der Waals surface area (Å²) < 4.78 is 5.61. The number of carbonyl (C=O) groups excluding carboxylic acids is 1. The number of carboxylic acids is 1.